The van der Waals surface area contributed by atoms with Crippen molar-refractivity contribution in [1.82, 2.24) is 4.31 Å². The van der Waals surface area contributed by atoms with Crippen LogP contribution in [0, 0.1) is 0 Å². The van der Waals surface area contributed by atoms with Crippen molar-refractivity contribution in [3.63, 3.8) is 0 Å². The summed E-state index contributed by atoms with van der Waals surface area (Å²) in [5, 5.41) is 0. The minimum atomic E-state index is -4.90. The van der Waals surface area contributed by atoms with Gasteiger partial charge in [-0.15, -0.1) is 11.8 Å². The van der Waals surface area contributed by atoms with Gasteiger partial charge in [-0.2, -0.15) is 17.5 Å². The Hall–Kier alpha value is -1.52. The number of benzene rings is 1. The number of Topliss-reactive ketones (excluding diaryl/α,β-unsaturated/α-hetero) is 1. The molecule has 2 rings (SSSR count). The second-order valence-corrected chi connectivity index (χ2v) is 8.59. The van der Waals surface area contributed by atoms with Gasteiger partial charge < -0.3 is 4.90 Å². The molecule has 1 fully saturated rings. The summed E-state index contributed by atoms with van der Waals surface area (Å²) in [5.41, 5.74) is 0.233. The van der Waals surface area contributed by atoms with Gasteiger partial charge in [-0.3, -0.25) is 4.79 Å². The van der Waals surface area contributed by atoms with E-state index in [-0.39, 0.29) is 13.1 Å². The molecular weight excluding hydrogens is 389 g/mol. The van der Waals surface area contributed by atoms with Crippen LogP contribution in [-0.2, 0) is 10.0 Å². The maximum Gasteiger partial charge on any atom is 0.454 e. The number of carbonyl (C=O) groups is 1. The van der Waals surface area contributed by atoms with Gasteiger partial charge in [0.15, 0.2) is 0 Å². The first kappa shape index (κ1) is 20.8. The quantitative estimate of drug-likeness (QED) is 0.701. The lowest BCUT2D eigenvalue weighted by atomic mass is 10.1. The average molecular weight is 408 g/mol. The van der Waals surface area contributed by atoms with Crippen LogP contribution in [0.3, 0.4) is 0 Å². The Kier molecular flexibility index (Phi) is 6.41. The van der Waals surface area contributed by atoms with Crippen LogP contribution in [0.25, 0.3) is 0 Å². The summed E-state index contributed by atoms with van der Waals surface area (Å²) in [7, 11) is -3.50. The summed E-state index contributed by atoms with van der Waals surface area (Å²) in [6.07, 6.45) is -1.64. The fourth-order valence-electron chi connectivity index (χ4n) is 2.67. The molecule has 0 aliphatic carbocycles. The van der Waals surface area contributed by atoms with Crippen molar-refractivity contribution in [2.75, 3.05) is 37.3 Å². The van der Waals surface area contributed by atoms with Crippen LogP contribution >= 0.6 is 11.8 Å². The summed E-state index contributed by atoms with van der Waals surface area (Å²) in [6.45, 7) is 3.06. The molecule has 5 nitrogen and oxygen atoms in total. The number of anilines is 1. The number of alkyl halides is 3. The Labute approximate surface area is 154 Å². The second kappa shape index (κ2) is 8.01. The van der Waals surface area contributed by atoms with Crippen molar-refractivity contribution in [1.29, 1.82) is 0 Å². The van der Waals surface area contributed by atoms with Crippen LogP contribution in [0.5, 0.6) is 0 Å². The van der Waals surface area contributed by atoms with Crippen LogP contribution in [0.1, 0.15) is 17.3 Å². The average Bonchev–Trinajstić information content (AvgIpc) is 2.61. The van der Waals surface area contributed by atoms with E-state index < -0.39 is 27.5 Å². The van der Waals surface area contributed by atoms with Crippen LogP contribution in [0.4, 0.5) is 18.9 Å². The van der Waals surface area contributed by atoms with Crippen LogP contribution in [0.2, 0.25) is 0 Å². The lowest BCUT2D eigenvalue weighted by Crippen LogP contribution is -2.48. The van der Waals surface area contributed by atoms with E-state index in [1.165, 1.54) is 28.2 Å². The van der Waals surface area contributed by atoms with E-state index in [4.69, 9.17) is 0 Å². The predicted molar refractivity (Wildman–Crippen MR) is 96.8 cm³/mol. The molecule has 0 bridgehead atoms. The molecule has 1 saturated heterocycles. The van der Waals surface area contributed by atoms with Crippen molar-refractivity contribution >= 4 is 33.3 Å². The number of carbonyl (C=O) groups excluding carboxylic acids is 1. The molecule has 1 aliphatic heterocycles. The van der Waals surface area contributed by atoms with E-state index in [1.54, 1.807) is 19.3 Å². The zero-order valence-corrected chi connectivity index (χ0v) is 15.9. The molecule has 0 spiro atoms. The monoisotopic (exact) mass is 408 g/mol. The minimum Gasteiger partial charge on any atom is -0.369 e. The first-order chi connectivity index (χ1) is 12.1. The number of hydrogen-bond acceptors (Lipinski definition) is 5. The third-order valence-corrected chi connectivity index (χ3v) is 7.58. The van der Waals surface area contributed by atoms with Crippen LogP contribution < -0.4 is 4.90 Å². The van der Waals surface area contributed by atoms with E-state index in [2.05, 4.69) is 0 Å². The molecule has 0 radical (unpaired) electrons. The number of allylic oxidation sites excluding steroid dienone is 1. The molecule has 1 aromatic carbocycles. The van der Waals surface area contributed by atoms with E-state index >= 15 is 0 Å². The van der Waals surface area contributed by atoms with E-state index in [1.807, 2.05) is 4.90 Å². The van der Waals surface area contributed by atoms with Gasteiger partial charge in [0.25, 0.3) is 5.78 Å². The number of rotatable bonds is 5. The van der Waals surface area contributed by atoms with Crippen molar-refractivity contribution in [3.05, 3.63) is 40.1 Å². The predicted octanol–water partition coefficient (Wildman–Crippen LogP) is 3.11. The first-order valence-electron chi connectivity index (χ1n) is 7.78. The Morgan fingerprint density at radius 2 is 1.65 bits per heavy atom. The molecule has 0 atom stereocenters. The van der Waals surface area contributed by atoms with Gasteiger partial charge in [0.2, 0.25) is 10.0 Å². The van der Waals surface area contributed by atoms with Gasteiger partial charge in [-0.05, 0) is 37.4 Å². The summed E-state index contributed by atoms with van der Waals surface area (Å²) in [4.78, 5) is 13.1. The molecule has 1 aromatic rings. The highest BCUT2D eigenvalue weighted by molar-refractivity contribution is 8.17. The number of sulfonamides is 1. The molecule has 0 N–H and O–H groups in total. The maximum absolute atomic E-state index is 12.5. The highest BCUT2D eigenvalue weighted by Gasteiger charge is 2.39. The zero-order valence-electron chi connectivity index (χ0n) is 14.3. The highest BCUT2D eigenvalue weighted by atomic mass is 32.3. The number of hydrogen-bond donors (Lipinski definition) is 0. The number of halogens is 3. The number of nitrogens with zero attached hydrogens (tertiary/aromatic N) is 2. The molecule has 144 valence electrons. The topological polar surface area (TPSA) is 57.7 Å². The molecule has 1 heterocycles. The maximum atomic E-state index is 12.5. The Balaban J connectivity index is 2.06. The number of ketones is 1. The SMILES string of the molecule is C/C=C(\SC)S(=O)(=O)N1CCN(c2ccc(C(=O)C(F)(F)F)cc2)CC1. The van der Waals surface area contributed by atoms with E-state index in [9.17, 15) is 26.4 Å². The summed E-state index contributed by atoms with van der Waals surface area (Å²) in [6, 6.07) is 5.17. The molecule has 0 amide bonds. The van der Waals surface area contributed by atoms with Gasteiger partial charge >= 0.3 is 6.18 Å². The van der Waals surface area contributed by atoms with Crippen molar-refractivity contribution in [2.24, 2.45) is 0 Å². The van der Waals surface area contributed by atoms with Crippen LogP contribution in [-0.4, -0.2) is 57.1 Å². The zero-order chi connectivity index (χ0) is 19.5. The normalized spacial score (nSPS) is 17.4. The van der Waals surface area contributed by atoms with Gasteiger partial charge in [0.1, 0.15) is 4.24 Å². The smallest absolute Gasteiger partial charge is 0.369 e. The Morgan fingerprint density at radius 1 is 1.12 bits per heavy atom. The van der Waals surface area contributed by atoms with Crippen LogP contribution in [0.15, 0.2) is 34.6 Å². The van der Waals surface area contributed by atoms with Crippen molar-refractivity contribution in [3.8, 4) is 0 Å². The molecular formula is C16H19F3N2O3S2. The molecule has 0 unspecified atom stereocenters. The van der Waals surface area contributed by atoms with Crippen molar-refractivity contribution < 1.29 is 26.4 Å². The lowest BCUT2D eigenvalue weighted by Gasteiger charge is -2.35. The number of piperazine rings is 1. The molecule has 1 aliphatic rings. The largest absolute Gasteiger partial charge is 0.454 e. The third kappa shape index (κ3) is 4.41. The second-order valence-electron chi connectivity index (χ2n) is 5.58. The summed E-state index contributed by atoms with van der Waals surface area (Å²) in [5.74, 6) is -1.88. The minimum absolute atomic E-state index is 0.281. The van der Waals surface area contributed by atoms with E-state index in [0.29, 0.717) is 23.0 Å². The first-order valence-corrected chi connectivity index (χ1v) is 10.4. The molecule has 0 saturated carbocycles. The third-order valence-electron chi connectivity index (χ3n) is 4.02. The molecule has 10 heteroatoms. The fraction of sp³-hybridized carbons (Fsp3) is 0.438. The van der Waals surface area contributed by atoms with Gasteiger partial charge in [-0.1, -0.05) is 6.08 Å². The summed E-state index contributed by atoms with van der Waals surface area (Å²) < 4.78 is 64.0. The Morgan fingerprint density at radius 3 is 2.08 bits per heavy atom. The molecule has 26 heavy (non-hydrogen) atoms. The fourth-order valence-corrected chi connectivity index (χ4v) is 5.26. The highest BCUT2D eigenvalue weighted by Crippen LogP contribution is 2.26. The van der Waals surface area contributed by atoms with E-state index in [0.717, 1.165) is 12.1 Å². The van der Waals surface area contributed by atoms with Gasteiger partial charge in [0.05, 0.1) is 0 Å². The van der Waals surface area contributed by atoms with Gasteiger partial charge in [0, 0.05) is 37.4 Å². The standard InChI is InChI=1S/C16H19F3N2O3S2/c1-3-14(25-2)26(23,24)21-10-8-20(9-11-21)13-6-4-12(5-7-13)15(22)16(17,18)19/h3-7H,8-11H2,1-2H3/b14-3+. The number of thioether (sulfide) groups is 1. The summed E-state index contributed by atoms with van der Waals surface area (Å²) >= 11 is 1.17. The van der Waals surface area contributed by atoms with Crippen molar-refractivity contribution in [2.45, 2.75) is 13.1 Å². The molecule has 0 aromatic heterocycles. The van der Waals surface area contributed by atoms with Gasteiger partial charge in [-0.25, -0.2) is 8.42 Å². The lowest BCUT2D eigenvalue weighted by molar-refractivity contribution is -0.0885. The Bertz CT molecular complexity index is 782.